The standard InChI is InChI=1S/C12H22N2O3/c1-9-6-5-7-14(9)10(15)8-13-11(16)17-12(2,3)4/h9H,5-8H2,1-4H3,(H,13,16)/t9-/m0/s1. The van der Waals surface area contributed by atoms with Crippen molar-refractivity contribution in [3.8, 4) is 0 Å². The fourth-order valence-electron chi connectivity index (χ4n) is 1.87. The van der Waals surface area contributed by atoms with Crippen molar-refractivity contribution in [1.29, 1.82) is 0 Å². The zero-order valence-corrected chi connectivity index (χ0v) is 11.1. The van der Waals surface area contributed by atoms with Gasteiger partial charge in [0.05, 0.1) is 0 Å². The molecule has 17 heavy (non-hydrogen) atoms. The van der Waals surface area contributed by atoms with E-state index in [0.29, 0.717) is 0 Å². The Hall–Kier alpha value is -1.26. The second-order valence-corrected chi connectivity index (χ2v) is 5.43. The Bertz CT molecular complexity index is 297. The van der Waals surface area contributed by atoms with Crippen LogP contribution in [0, 0.1) is 0 Å². The molecule has 0 aliphatic carbocycles. The third-order valence-corrected chi connectivity index (χ3v) is 2.66. The number of likely N-dealkylation sites (tertiary alicyclic amines) is 1. The molecule has 5 heteroatoms. The normalized spacial score (nSPS) is 20.2. The Labute approximate surface area is 102 Å². The molecule has 0 bridgehead atoms. The van der Waals surface area contributed by atoms with E-state index in [1.54, 1.807) is 25.7 Å². The van der Waals surface area contributed by atoms with Crippen LogP contribution >= 0.6 is 0 Å². The van der Waals surface area contributed by atoms with Crippen molar-refractivity contribution in [2.75, 3.05) is 13.1 Å². The predicted molar refractivity (Wildman–Crippen MR) is 64.6 cm³/mol. The van der Waals surface area contributed by atoms with E-state index in [0.717, 1.165) is 19.4 Å². The lowest BCUT2D eigenvalue weighted by atomic mass is 10.2. The summed E-state index contributed by atoms with van der Waals surface area (Å²) in [6.07, 6.45) is 1.54. The van der Waals surface area contributed by atoms with Gasteiger partial charge in [0.1, 0.15) is 12.1 Å². The lowest BCUT2D eigenvalue weighted by Crippen LogP contribution is -2.43. The first-order chi connectivity index (χ1) is 7.79. The monoisotopic (exact) mass is 242 g/mol. The molecule has 0 radical (unpaired) electrons. The number of nitrogens with one attached hydrogen (secondary N) is 1. The zero-order chi connectivity index (χ0) is 13.1. The van der Waals surface area contributed by atoms with Crippen LogP contribution in [0.2, 0.25) is 0 Å². The summed E-state index contributed by atoms with van der Waals surface area (Å²) < 4.78 is 5.06. The molecule has 1 fully saturated rings. The number of alkyl carbamates (subject to hydrolysis) is 1. The zero-order valence-electron chi connectivity index (χ0n) is 11.1. The van der Waals surface area contributed by atoms with Crippen LogP contribution in [-0.4, -0.2) is 41.6 Å². The van der Waals surface area contributed by atoms with Crippen molar-refractivity contribution in [3.63, 3.8) is 0 Å². The molecule has 0 unspecified atom stereocenters. The number of carbonyl (C=O) groups excluding carboxylic acids is 2. The summed E-state index contributed by atoms with van der Waals surface area (Å²) in [7, 11) is 0. The summed E-state index contributed by atoms with van der Waals surface area (Å²) in [6.45, 7) is 8.19. The third kappa shape index (κ3) is 4.63. The average Bonchev–Trinajstić information content (AvgIpc) is 2.58. The number of hydrogen-bond acceptors (Lipinski definition) is 3. The topological polar surface area (TPSA) is 58.6 Å². The number of ether oxygens (including phenoxy) is 1. The molecule has 1 atom stereocenters. The fourth-order valence-corrected chi connectivity index (χ4v) is 1.87. The minimum Gasteiger partial charge on any atom is -0.444 e. The van der Waals surface area contributed by atoms with Crippen molar-refractivity contribution >= 4 is 12.0 Å². The third-order valence-electron chi connectivity index (χ3n) is 2.66. The molecule has 1 aliphatic heterocycles. The van der Waals surface area contributed by atoms with E-state index < -0.39 is 11.7 Å². The summed E-state index contributed by atoms with van der Waals surface area (Å²) in [5.74, 6) is -0.0409. The highest BCUT2D eigenvalue weighted by atomic mass is 16.6. The van der Waals surface area contributed by atoms with E-state index in [1.165, 1.54) is 0 Å². The molecule has 0 aromatic rings. The van der Waals surface area contributed by atoms with Gasteiger partial charge in [-0.15, -0.1) is 0 Å². The molecule has 1 heterocycles. The molecular formula is C12H22N2O3. The van der Waals surface area contributed by atoms with Crippen LogP contribution in [0.25, 0.3) is 0 Å². The van der Waals surface area contributed by atoms with Crippen LogP contribution in [0.15, 0.2) is 0 Å². The first-order valence-corrected chi connectivity index (χ1v) is 6.06. The Kier molecular flexibility index (Phi) is 4.37. The van der Waals surface area contributed by atoms with Gasteiger partial charge in [-0.2, -0.15) is 0 Å². The van der Waals surface area contributed by atoms with Gasteiger partial charge in [-0.05, 0) is 40.5 Å². The maximum atomic E-state index is 11.8. The average molecular weight is 242 g/mol. The van der Waals surface area contributed by atoms with Gasteiger partial charge in [0.2, 0.25) is 5.91 Å². The number of carbonyl (C=O) groups is 2. The van der Waals surface area contributed by atoms with Crippen LogP contribution in [0.4, 0.5) is 4.79 Å². The second-order valence-electron chi connectivity index (χ2n) is 5.43. The van der Waals surface area contributed by atoms with Gasteiger partial charge < -0.3 is 15.0 Å². The quantitative estimate of drug-likeness (QED) is 0.798. The molecule has 1 rings (SSSR count). The van der Waals surface area contributed by atoms with Crippen LogP contribution < -0.4 is 5.32 Å². The van der Waals surface area contributed by atoms with E-state index >= 15 is 0 Å². The molecule has 0 aromatic heterocycles. The molecule has 98 valence electrons. The molecule has 0 spiro atoms. The first-order valence-electron chi connectivity index (χ1n) is 6.06. The predicted octanol–water partition coefficient (Wildman–Crippen LogP) is 1.52. The van der Waals surface area contributed by atoms with Crippen LogP contribution in [0.1, 0.15) is 40.5 Å². The van der Waals surface area contributed by atoms with Crippen molar-refractivity contribution < 1.29 is 14.3 Å². The van der Waals surface area contributed by atoms with Crippen molar-refractivity contribution in [2.45, 2.75) is 52.2 Å². The van der Waals surface area contributed by atoms with Crippen molar-refractivity contribution in [2.24, 2.45) is 0 Å². The lowest BCUT2D eigenvalue weighted by molar-refractivity contribution is -0.130. The summed E-state index contributed by atoms with van der Waals surface area (Å²) in [6, 6.07) is 0.280. The van der Waals surface area contributed by atoms with Gasteiger partial charge in [-0.25, -0.2) is 4.79 Å². The molecule has 2 amide bonds. The van der Waals surface area contributed by atoms with Gasteiger partial charge in [-0.3, -0.25) is 4.79 Å². The maximum Gasteiger partial charge on any atom is 0.408 e. The van der Waals surface area contributed by atoms with Gasteiger partial charge in [0.25, 0.3) is 0 Å². The minimum absolute atomic E-state index is 0.0131. The van der Waals surface area contributed by atoms with Gasteiger partial charge in [0, 0.05) is 12.6 Å². The Morgan fingerprint density at radius 2 is 2.06 bits per heavy atom. The summed E-state index contributed by atoms with van der Waals surface area (Å²) >= 11 is 0. The number of hydrogen-bond donors (Lipinski definition) is 1. The van der Waals surface area contributed by atoms with E-state index in [9.17, 15) is 9.59 Å². The minimum atomic E-state index is -0.544. The largest absolute Gasteiger partial charge is 0.444 e. The smallest absolute Gasteiger partial charge is 0.408 e. The Balaban J connectivity index is 2.31. The van der Waals surface area contributed by atoms with Crippen molar-refractivity contribution in [1.82, 2.24) is 10.2 Å². The summed E-state index contributed by atoms with van der Waals surface area (Å²) in [5.41, 5.74) is -0.534. The first kappa shape index (κ1) is 13.8. The van der Waals surface area contributed by atoms with E-state index in [2.05, 4.69) is 5.32 Å². The van der Waals surface area contributed by atoms with Gasteiger partial charge in [0.15, 0.2) is 0 Å². The lowest BCUT2D eigenvalue weighted by Gasteiger charge is -2.23. The van der Waals surface area contributed by atoms with Crippen LogP contribution in [0.5, 0.6) is 0 Å². The fraction of sp³-hybridized carbons (Fsp3) is 0.833. The molecule has 5 nitrogen and oxygen atoms in total. The Morgan fingerprint density at radius 1 is 1.41 bits per heavy atom. The van der Waals surface area contributed by atoms with E-state index in [4.69, 9.17) is 4.74 Å². The highest BCUT2D eigenvalue weighted by Gasteiger charge is 2.25. The van der Waals surface area contributed by atoms with Crippen LogP contribution in [-0.2, 0) is 9.53 Å². The molecule has 0 saturated carbocycles. The molecule has 1 N–H and O–H groups in total. The second kappa shape index (κ2) is 5.38. The maximum absolute atomic E-state index is 11.8. The molecule has 1 aliphatic rings. The van der Waals surface area contributed by atoms with Gasteiger partial charge in [-0.1, -0.05) is 0 Å². The highest BCUT2D eigenvalue weighted by Crippen LogP contribution is 2.15. The van der Waals surface area contributed by atoms with Crippen molar-refractivity contribution in [3.05, 3.63) is 0 Å². The Morgan fingerprint density at radius 3 is 2.53 bits per heavy atom. The van der Waals surface area contributed by atoms with Crippen LogP contribution in [0.3, 0.4) is 0 Å². The molecule has 0 aromatic carbocycles. The molecular weight excluding hydrogens is 220 g/mol. The number of nitrogens with zero attached hydrogens (tertiary/aromatic N) is 1. The summed E-state index contributed by atoms with van der Waals surface area (Å²) in [4.78, 5) is 24.9. The SMILES string of the molecule is C[C@H]1CCCN1C(=O)CNC(=O)OC(C)(C)C. The van der Waals surface area contributed by atoms with Gasteiger partial charge >= 0.3 is 6.09 Å². The number of rotatable bonds is 2. The highest BCUT2D eigenvalue weighted by molar-refractivity contribution is 5.82. The number of amides is 2. The van der Waals surface area contributed by atoms with E-state index in [1.807, 2.05) is 6.92 Å². The van der Waals surface area contributed by atoms with E-state index in [-0.39, 0.29) is 18.5 Å². The molecule has 1 saturated heterocycles. The summed E-state index contributed by atoms with van der Waals surface area (Å²) in [5, 5.41) is 2.48.